The molecule has 0 spiro atoms. The van der Waals surface area contributed by atoms with E-state index in [9.17, 15) is 9.59 Å². The van der Waals surface area contributed by atoms with Gasteiger partial charge in [-0.3, -0.25) is 9.59 Å². The third-order valence-electron chi connectivity index (χ3n) is 3.08. The van der Waals surface area contributed by atoms with Crippen molar-refractivity contribution in [1.29, 1.82) is 0 Å². The molecule has 1 aromatic rings. The minimum Gasteiger partial charge on any atom is -0.339 e. The number of benzene rings is 1. The molecule has 90 valence electrons. The van der Waals surface area contributed by atoms with E-state index < -0.39 is 0 Å². The SMILES string of the molecule is O=C1CCCN(C(=O)c2ccccc2)CCC1. The van der Waals surface area contributed by atoms with Gasteiger partial charge in [-0.05, 0) is 25.0 Å². The maximum atomic E-state index is 12.2. The van der Waals surface area contributed by atoms with Gasteiger partial charge in [-0.15, -0.1) is 0 Å². The van der Waals surface area contributed by atoms with Crippen LogP contribution < -0.4 is 0 Å². The molecule has 1 aliphatic rings. The molecule has 0 aromatic heterocycles. The Balaban J connectivity index is 2.02. The number of hydrogen-bond acceptors (Lipinski definition) is 2. The van der Waals surface area contributed by atoms with Gasteiger partial charge in [0.2, 0.25) is 0 Å². The van der Waals surface area contributed by atoms with Gasteiger partial charge >= 0.3 is 0 Å². The molecule has 2 rings (SSSR count). The summed E-state index contributed by atoms with van der Waals surface area (Å²) in [6.45, 7) is 1.39. The summed E-state index contributed by atoms with van der Waals surface area (Å²) >= 11 is 0. The molecule has 1 saturated heterocycles. The number of likely N-dealkylation sites (tertiary alicyclic amines) is 1. The highest BCUT2D eigenvalue weighted by Crippen LogP contribution is 2.11. The lowest BCUT2D eigenvalue weighted by Crippen LogP contribution is -2.34. The van der Waals surface area contributed by atoms with Gasteiger partial charge in [-0.2, -0.15) is 0 Å². The molecule has 0 unspecified atom stereocenters. The van der Waals surface area contributed by atoms with Crippen molar-refractivity contribution in [3.8, 4) is 0 Å². The zero-order valence-corrected chi connectivity index (χ0v) is 9.89. The first kappa shape index (κ1) is 11.8. The Bertz CT molecular complexity index is 388. The van der Waals surface area contributed by atoms with Gasteiger partial charge in [0.25, 0.3) is 5.91 Å². The number of rotatable bonds is 1. The van der Waals surface area contributed by atoms with Gasteiger partial charge < -0.3 is 4.90 Å². The molecule has 1 aromatic carbocycles. The van der Waals surface area contributed by atoms with Crippen molar-refractivity contribution in [2.75, 3.05) is 13.1 Å². The molecule has 0 atom stereocenters. The van der Waals surface area contributed by atoms with Crippen LogP contribution in [-0.4, -0.2) is 29.7 Å². The lowest BCUT2D eigenvalue weighted by atomic mass is 10.1. The van der Waals surface area contributed by atoms with E-state index in [0.29, 0.717) is 31.7 Å². The Morgan fingerprint density at radius 3 is 2.18 bits per heavy atom. The molecule has 3 nitrogen and oxygen atoms in total. The summed E-state index contributed by atoms with van der Waals surface area (Å²) < 4.78 is 0. The molecule has 0 aliphatic carbocycles. The van der Waals surface area contributed by atoms with Crippen LogP contribution in [0.5, 0.6) is 0 Å². The van der Waals surface area contributed by atoms with Gasteiger partial charge in [-0.25, -0.2) is 0 Å². The Hall–Kier alpha value is -1.64. The van der Waals surface area contributed by atoms with Crippen molar-refractivity contribution >= 4 is 11.7 Å². The predicted octanol–water partition coefficient (Wildman–Crippen LogP) is 2.27. The average Bonchev–Trinajstić information content (AvgIpc) is 2.34. The monoisotopic (exact) mass is 231 g/mol. The molecule has 1 heterocycles. The second-order valence-electron chi connectivity index (χ2n) is 4.40. The largest absolute Gasteiger partial charge is 0.339 e. The quantitative estimate of drug-likeness (QED) is 0.743. The number of carbonyl (C=O) groups excluding carboxylic acids is 2. The van der Waals surface area contributed by atoms with Crippen molar-refractivity contribution in [1.82, 2.24) is 4.90 Å². The van der Waals surface area contributed by atoms with Crippen LogP contribution in [0.1, 0.15) is 36.0 Å². The van der Waals surface area contributed by atoms with E-state index in [0.717, 1.165) is 18.4 Å². The smallest absolute Gasteiger partial charge is 0.253 e. The molecule has 0 bridgehead atoms. The molecular formula is C14H17NO2. The molecular weight excluding hydrogens is 214 g/mol. The first-order valence-corrected chi connectivity index (χ1v) is 6.13. The normalized spacial score (nSPS) is 17.4. The van der Waals surface area contributed by atoms with Crippen molar-refractivity contribution in [2.45, 2.75) is 25.7 Å². The van der Waals surface area contributed by atoms with Crippen LogP contribution >= 0.6 is 0 Å². The molecule has 1 fully saturated rings. The summed E-state index contributed by atoms with van der Waals surface area (Å²) in [5, 5.41) is 0. The van der Waals surface area contributed by atoms with Crippen molar-refractivity contribution in [3.63, 3.8) is 0 Å². The van der Waals surface area contributed by atoms with E-state index in [1.807, 2.05) is 35.2 Å². The number of nitrogens with zero attached hydrogens (tertiary/aromatic N) is 1. The molecule has 1 amide bonds. The summed E-state index contributed by atoms with van der Waals surface area (Å²) in [4.78, 5) is 25.3. The Labute approximate surface area is 101 Å². The Kier molecular flexibility index (Phi) is 3.91. The van der Waals surface area contributed by atoms with E-state index in [1.54, 1.807) is 0 Å². The number of Topliss-reactive ketones (excluding diaryl/α,β-unsaturated/α-hetero) is 1. The van der Waals surface area contributed by atoms with Crippen LogP contribution in [0.25, 0.3) is 0 Å². The average molecular weight is 231 g/mol. The topological polar surface area (TPSA) is 37.4 Å². The van der Waals surface area contributed by atoms with Crippen LogP contribution in [0, 0.1) is 0 Å². The molecule has 0 radical (unpaired) electrons. The number of ketones is 1. The highest BCUT2D eigenvalue weighted by molar-refractivity contribution is 5.94. The molecule has 0 saturated carbocycles. The van der Waals surface area contributed by atoms with Crippen LogP contribution in [-0.2, 0) is 4.79 Å². The Morgan fingerprint density at radius 2 is 1.59 bits per heavy atom. The summed E-state index contributed by atoms with van der Waals surface area (Å²) in [6, 6.07) is 9.34. The maximum absolute atomic E-state index is 12.2. The lowest BCUT2D eigenvalue weighted by Gasteiger charge is -2.24. The summed E-state index contributed by atoms with van der Waals surface area (Å²) in [5.74, 6) is 0.414. The van der Waals surface area contributed by atoms with Gasteiger partial charge in [0, 0.05) is 31.5 Å². The van der Waals surface area contributed by atoms with Crippen LogP contribution in [0.15, 0.2) is 30.3 Å². The second-order valence-corrected chi connectivity index (χ2v) is 4.40. The number of amides is 1. The highest BCUT2D eigenvalue weighted by atomic mass is 16.2. The van der Waals surface area contributed by atoms with Crippen molar-refractivity contribution in [2.24, 2.45) is 0 Å². The third kappa shape index (κ3) is 3.16. The van der Waals surface area contributed by atoms with E-state index in [-0.39, 0.29) is 5.91 Å². The van der Waals surface area contributed by atoms with E-state index >= 15 is 0 Å². The molecule has 3 heteroatoms. The van der Waals surface area contributed by atoms with Gasteiger partial charge in [0.05, 0.1) is 0 Å². The fraction of sp³-hybridized carbons (Fsp3) is 0.429. The van der Waals surface area contributed by atoms with Crippen LogP contribution in [0.3, 0.4) is 0 Å². The second kappa shape index (κ2) is 5.62. The molecule has 1 aliphatic heterocycles. The fourth-order valence-electron chi connectivity index (χ4n) is 2.14. The summed E-state index contributed by atoms with van der Waals surface area (Å²) in [5.41, 5.74) is 0.736. The lowest BCUT2D eigenvalue weighted by molar-refractivity contribution is -0.119. The molecule has 0 N–H and O–H groups in total. The third-order valence-corrected chi connectivity index (χ3v) is 3.08. The predicted molar refractivity (Wildman–Crippen MR) is 65.8 cm³/mol. The Morgan fingerprint density at radius 1 is 1.00 bits per heavy atom. The van der Waals surface area contributed by atoms with E-state index in [2.05, 4.69) is 0 Å². The number of hydrogen-bond donors (Lipinski definition) is 0. The minimum atomic E-state index is 0.0833. The highest BCUT2D eigenvalue weighted by Gasteiger charge is 2.17. The zero-order valence-electron chi connectivity index (χ0n) is 9.89. The minimum absolute atomic E-state index is 0.0833. The summed E-state index contributed by atoms with van der Waals surface area (Å²) in [6.07, 6.45) is 2.80. The maximum Gasteiger partial charge on any atom is 0.253 e. The standard InChI is InChI=1S/C14H17NO2/c16-13-8-4-10-15(11-5-9-13)14(17)12-6-2-1-3-7-12/h1-3,6-7H,4-5,8-11H2. The summed E-state index contributed by atoms with van der Waals surface area (Å²) in [7, 11) is 0. The first-order chi connectivity index (χ1) is 8.27. The van der Waals surface area contributed by atoms with E-state index in [1.165, 1.54) is 0 Å². The van der Waals surface area contributed by atoms with Gasteiger partial charge in [0.15, 0.2) is 0 Å². The number of carbonyl (C=O) groups is 2. The van der Waals surface area contributed by atoms with Crippen molar-refractivity contribution < 1.29 is 9.59 Å². The zero-order chi connectivity index (χ0) is 12.1. The van der Waals surface area contributed by atoms with E-state index in [4.69, 9.17) is 0 Å². The van der Waals surface area contributed by atoms with Crippen LogP contribution in [0.4, 0.5) is 0 Å². The first-order valence-electron chi connectivity index (χ1n) is 6.13. The van der Waals surface area contributed by atoms with Crippen molar-refractivity contribution in [3.05, 3.63) is 35.9 Å². The van der Waals surface area contributed by atoms with Crippen LogP contribution in [0.2, 0.25) is 0 Å². The van der Waals surface area contributed by atoms with Gasteiger partial charge in [0.1, 0.15) is 5.78 Å². The van der Waals surface area contributed by atoms with Gasteiger partial charge in [-0.1, -0.05) is 18.2 Å². The molecule has 17 heavy (non-hydrogen) atoms. The fourth-order valence-corrected chi connectivity index (χ4v) is 2.14.